The number of rotatable bonds is 12. The maximum absolute atomic E-state index is 12.9. The first-order chi connectivity index (χ1) is 20.1. The van der Waals surface area contributed by atoms with Crippen molar-refractivity contribution in [1.29, 1.82) is 0 Å². The average Bonchev–Trinajstić information content (AvgIpc) is 2.97. The highest BCUT2D eigenvalue weighted by Crippen LogP contribution is 2.37. The molecular formula is C28H33ClF3N5O5. The Labute approximate surface area is 246 Å². The number of carbonyl (C=O) groups excluding carboxylic acids is 3. The van der Waals surface area contributed by atoms with Gasteiger partial charge >= 0.3 is 6.18 Å². The predicted octanol–water partition coefficient (Wildman–Crippen LogP) is 6.46. The van der Waals surface area contributed by atoms with E-state index in [1.54, 1.807) is 55.1 Å². The van der Waals surface area contributed by atoms with Crippen LogP contribution in [0.3, 0.4) is 0 Å². The lowest BCUT2D eigenvalue weighted by Gasteiger charge is -2.13. The van der Waals surface area contributed by atoms with Crippen molar-refractivity contribution in [3.8, 4) is 11.5 Å². The number of aromatic nitrogens is 1. The minimum absolute atomic E-state index is 0.250. The number of hydroxylamine groups is 1. The summed E-state index contributed by atoms with van der Waals surface area (Å²) in [5.41, 5.74) is 5.76. The molecule has 0 bridgehead atoms. The minimum Gasteiger partial charge on any atom is -0.457 e. The molecule has 0 radical (unpaired) electrons. The fourth-order valence-electron chi connectivity index (χ4n) is 3.26. The molecular weight excluding hydrogens is 579 g/mol. The number of nitrogens with one attached hydrogen (secondary N) is 3. The second kappa shape index (κ2) is 19.7. The molecule has 42 heavy (non-hydrogen) atoms. The van der Waals surface area contributed by atoms with Crippen LogP contribution in [0.1, 0.15) is 44.1 Å². The number of benzene rings is 2. The third-order valence-corrected chi connectivity index (χ3v) is 5.57. The highest BCUT2D eigenvalue weighted by Gasteiger charge is 2.33. The Morgan fingerprint density at radius 2 is 1.64 bits per heavy atom. The third-order valence-electron chi connectivity index (χ3n) is 5.24. The Morgan fingerprint density at radius 1 is 1.00 bits per heavy atom. The van der Waals surface area contributed by atoms with E-state index in [-0.39, 0.29) is 23.0 Å². The van der Waals surface area contributed by atoms with Crippen molar-refractivity contribution in [3.05, 3.63) is 71.4 Å². The summed E-state index contributed by atoms with van der Waals surface area (Å²) in [5.74, 6) is 1.53. The molecule has 0 atom stereocenters. The van der Waals surface area contributed by atoms with Gasteiger partial charge in [-0.3, -0.25) is 14.8 Å². The van der Waals surface area contributed by atoms with Crippen LogP contribution >= 0.6 is 11.6 Å². The molecule has 2 aromatic carbocycles. The summed E-state index contributed by atoms with van der Waals surface area (Å²) < 4.78 is 44.6. The summed E-state index contributed by atoms with van der Waals surface area (Å²) in [4.78, 5) is 33.1. The van der Waals surface area contributed by atoms with Crippen LogP contribution < -0.4 is 26.6 Å². The molecule has 0 spiro atoms. The van der Waals surface area contributed by atoms with E-state index in [9.17, 15) is 22.8 Å². The quantitative estimate of drug-likeness (QED) is 0.0676. The largest absolute Gasteiger partial charge is 0.457 e. The number of amides is 2. The molecule has 0 saturated heterocycles. The molecule has 0 unspecified atom stereocenters. The van der Waals surface area contributed by atoms with Gasteiger partial charge in [-0.15, -0.1) is 0 Å². The summed E-state index contributed by atoms with van der Waals surface area (Å²) in [6, 6.07) is 14.0. The van der Waals surface area contributed by atoms with Gasteiger partial charge in [0, 0.05) is 43.5 Å². The first kappa shape index (κ1) is 35.7. The number of hydrogen-bond donors (Lipinski definition) is 5. The summed E-state index contributed by atoms with van der Waals surface area (Å²) >= 11 is 5.63. The fourth-order valence-corrected chi connectivity index (χ4v) is 3.49. The summed E-state index contributed by atoms with van der Waals surface area (Å²) in [6.07, 6.45) is 2.79. The van der Waals surface area contributed by atoms with Gasteiger partial charge in [-0.25, -0.2) is 10.5 Å². The lowest BCUT2D eigenvalue weighted by molar-refractivity contribution is -0.137. The number of unbranched alkanes of at least 4 members (excludes halogenated alkanes) is 4. The molecule has 0 aliphatic carbocycles. The standard InChI is InChI=1S/C19H15ClF3N3O.C8H15NO3.CH3NO/c1-24-18-11-15(8-9-25-18)27-14-5-2-12(3-6-14)26-13-4-7-17(20)16(10-13)19(21,22)23;10-7-5-3-1-2-4-6-8(11)9-12;2-1-3/h2-11,26H,1H3,(H,24,25);7,12H,1-6H2,(H,9,11);1H,(H2,2,3). The Kier molecular flexibility index (Phi) is 16.7. The number of aldehydes is 1. The van der Waals surface area contributed by atoms with E-state index in [1.807, 2.05) is 0 Å². The third kappa shape index (κ3) is 14.3. The SMILES string of the molecule is CNc1cc(Oc2ccc(Nc3ccc(Cl)c(C(F)(F)F)c3)cc2)ccn1.NC=O.O=CCCCCCCC(=O)NO. The number of nitrogens with zero attached hydrogens (tertiary/aromatic N) is 1. The average molecular weight is 612 g/mol. The smallest absolute Gasteiger partial charge is 0.417 e. The fraction of sp³-hybridized carbons (Fsp3) is 0.286. The van der Waals surface area contributed by atoms with Gasteiger partial charge in [0.2, 0.25) is 12.3 Å². The van der Waals surface area contributed by atoms with E-state index in [0.29, 0.717) is 35.8 Å². The number of hydrogen-bond acceptors (Lipinski definition) is 8. The van der Waals surface area contributed by atoms with Crippen molar-refractivity contribution in [3.63, 3.8) is 0 Å². The van der Waals surface area contributed by atoms with Gasteiger partial charge in [0.15, 0.2) is 0 Å². The Hall–Kier alpha value is -4.36. The van der Waals surface area contributed by atoms with Crippen LogP contribution in [-0.4, -0.2) is 35.8 Å². The molecule has 10 nitrogen and oxygen atoms in total. The first-order valence-electron chi connectivity index (χ1n) is 12.6. The van der Waals surface area contributed by atoms with E-state index >= 15 is 0 Å². The van der Waals surface area contributed by atoms with Gasteiger partial charge in [-0.1, -0.05) is 24.4 Å². The van der Waals surface area contributed by atoms with E-state index < -0.39 is 11.7 Å². The maximum Gasteiger partial charge on any atom is 0.417 e. The summed E-state index contributed by atoms with van der Waals surface area (Å²) in [6.45, 7) is 0. The van der Waals surface area contributed by atoms with Gasteiger partial charge in [-0.2, -0.15) is 13.2 Å². The molecule has 3 rings (SSSR count). The first-order valence-corrected chi connectivity index (χ1v) is 13.0. The molecule has 6 N–H and O–H groups in total. The van der Waals surface area contributed by atoms with Crippen LogP contribution in [-0.2, 0) is 20.6 Å². The van der Waals surface area contributed by atoms with Crippen LogP contribution in [0.4, 0.5) is 30.4 Å². The normalized spacial score (nSPS) is 10.1. The molecule has 0 aliphatic rings. The lowest BCUT2D eigenvalue weighted by Crippen LogP contribution is -2.17. The zero-order valence-corrected chi connectivity index (χ0v) is 23.5. The number of anilines is 3. The number of pyridine rings is 1. The second-order valence-corrected chi connectivity index (χ2v) is 8.77. The summed E-state index contributed by atoms with van der Waals surface area (Å²) in [5, 5.41) is 13.6. The van der Waals surface area contributed by atoms with Gasteiger partial charge in [0.25, 0.3) is 0 Å². The minimum atomic E-state index is -4.51. The van der Waals surface area contributed by atoms with Crippen molar-refractivity contribution in [2.75, 3.05) is 17.7 Å². The monoisotopic (exact) mass is 611 g/mol. The van der Waals surface area contributed by atoms with Crippen LogP contribution in [0, 0.1) is 0 Å². The summed E-state index contributed by atoms with van der Waals surface area (Å²) in [7, 11) is 1.76. The van der Waals surface area contributed by atoms with Crippen molar-refractivity contribution < 1.29 is 37.5 Å². The molecule has 228 valence electrons. The van der Waals surface area contributed by atoms with Gasteiger partial charge in [0.1, 0.15) is 23.6 Å². The van der Waals surface area contributed by atoms with Crippen LogP contribution in [0.15, 0.2) is 60.8 Å². The van der Waals surface area contributed by atoms with Crippen molar-refractivity contribution in [2.45, 2.75) is 44.7 Å². The van der Waals surface area contributed by atoms with Crippen LogP contribution in [0.2, 0.25) is 5.02 Å². The van der Waals surface area contributed by atoms with E-state index in [1.165, 1.54) is 12.1 Å². The highest BCUT2D eigenvalue weighted by atomic mass is 35.5. The van der Waals surface area contributed by atoms with Crippen LogP contribution in [0.25, 0.3) is 0 Å². The molecule has 1 aromatic heterocycles. The molecule has 14 heteroatoms. The zero-order chi connectivity index (χ0) is 31.4. The maximum atomic E-state index is 12.9. The zero-order valence-electron chi connectivity index (χ0n) is 22.8. The van der Waals surface area contributed by atoms with Gasteiger partial charge < -0.3 is 25.9 Å². The number of primary amides is 1. The number of nitrogens with two attached hydrogens (primary N) is 1. The van der Waals surface area contributed by atoms with Crippen molar-refractivity contribution in [1.82, 2.24) is 10.5 Å². The molecule has 0 saturated carbocycles. The number of alkyl halides is 3. The number of carbonyl (C=O) groups is 3. The van der Waals surface area contributed by atoms with Crippen LogP contribution in [0.5, 0.6) is 11.5 Å². The van der Waals surface area contributed by atoms with E-state index in [2.05, 4.69) is 21.4 Å². The van der Waals surface area contributed by atoms with Crippen molar-refractivity contribution in [2.24, 2.45) is 5.73 Å². The van der Waals surface area contributed by atoms with E-state index in [4.69, 9.17) is 26.3 Å². The number of ether oxygens (including phenoxy) is 1. The predicted molar refractivity (Wildman–Crippen MR) is 154 cm³/mol. The number of halogens is 4. The lowest BCUT2D eigenvalue weighted by atomic mass is 10.1. The van der Waals surface area contributed by atoms with Gasteiger partial charge in [-0.05, 0) is 61.4 Å². The van der Waals surface area contributed by atoms with Gasteiger partial charge in [0.05, 0.1) is 10.6 Å². The molecule has 1 heterocycles. The molecule has 0 fully saturated rings. The Balaban J connectivity index is 0.000000494. The Morgan fingerprint density at radius 3 is 2.24 bits per heavy atom. The second-order valence-electron chi connectivity index (χ2n) is 8.36. The Bertz CT molecular complexity index is 1250. The molecule has 0 aliphatic heterocycles. The molecule has 3 aromatic rings. The topological polar surface area (TPSA) is 156 Å². The molecule has 2 amide bonds. The highest BCUT2D eigenvalue weighted by molar-refractivity contribution is 6.31. The van der Waals surface area contributed by atoms with E-state index in [0.717, 1.165) is 38.0 Å². The van der Waals surface area contributed by atoms with Crippen molar-refractivity contribution >= 4 is 47.4 Å².